The van der Waals surface area contributed by atoms with Gasteiger partial charge in [0.15, 0.2) is 17.5 Å². The van der Waals surface area contributed by atoms with Gasteiger partial charge < -0.3 is 19.9 Å². The van der Waals surface area contributed by atoms with Crippen molar-refractivity contribution in [1.29, 1.82) is 0 Å². The summed E-state index contributed by atoms with van der Waals surface area (Å²) in [6.07, 6.45) is 0.902. The highest BCUT2D eigenvalue weighted by Crippen LogP contribution is 2.17. The van der Waals surface area contributed by atoms with Gasteiger partial charge in [0, 0.05) is 26.2 Å². The first-order chi connectivity index (χ1) is 14.1. The SMILES string of the molecule is CN=C(NCCCn1c(C)nc2ccccc21)NCCOc1ccc(F)cc1F. The van der Waals surface area contributed by atoms with E-state index >= 15 is 0 Å². The van der Waals surface area contributed by atoms with Crippen LogP contribution in [0.1, 0.15) is 12.2 Å². The maximum atomic E-state index is 13.5. The monoisotopic (exact) mass is 401 g/mol. The number of aryl methyl sites for hydroxylation is 2. The van der Waals surface area contributed by atoms with Crippen molar-refractivity contribution in [2.75, 3.05) is 26.7 Å². The Balaban J connectivity index is 1.38. The average Bonchev–Trinajstić information content (AvgIpc) is 3.03. The number of hydrogen-bond donors (Lipinski definition) is 2. The van der Waals surface area contributed by atoms with Gasteiger partial charge in [-0.05, 0) is 37.6 Å². The van der Waals surface area contributed by atoms with Gasteiger partial charge in [0.05, 0.1) is 17.6 Å². The molecule has 1 aromatic heterocycles. The highest BCUT2D eigenvalue weighted by Gasteiger charge is 2.07. The molecule has 0 aliphatic rings. The van der Waals surface area contributed by atoms with Crippen LogP contribution in [0.3, 0.4) is 0 Å². The van der Waals surface area contributed by atoms with E-state index < -0.39 is 11.6 Å². The third-order valence-electron chi connectivity index (χ3n) is 4.47. The van der Waals surface area contributed by atoms with Crippen molar-refractivity contribution in [1.82, 2.24) is 20.2 Å². The van der Waals surface area contributed by atoms with Gasteiger partial charge in [-0.15, -0.1) is 0 Å². The second-order valence-corrected chi connectivity index (χ2v) is 6.50. The topological polar surface area (TPSA) is 63.5 Å². The van der Waals surface area contributed by atoms with E-state index in [1.165, 1.54) is 6.07 Å². The zero-order chi connectivity index (χ0) is 20.6. The Bertz CT molecular complexity index is 986. The van der Waals surface area contributed by atoms with E-state index in [2.05, 4.69) is 31.2 Å². The Morgan fingerprint density at radius 2 is 1.93 bits per heavy atom. The van der Waals surface area contributed by atoms with Crippen LogP contribution in [0.15, 0.2) is 47.5 Å². The Labute approximate surface area is 168 Å². The number of ether oxygens (including phenoxy) is 1. The van der Waals surface area contributed by atoms with Gasteiger partial charge in [-0.1, -0.05) is 12.1 Å². The Morgan fingerprint density at radius 1 is 1.14 bits per heavy atom. The molecule has 6 nitrogen and oxygen atoms in total. The van der Waals surface area contributed by atoms with E-state index in [4.69, 9.17) is 4.74 Å². The molecule has 0 unspecified atom stereocenters. The number of benzene rings is 2. The van der Waals surface area contributed by atoms with Gasteiger partial charge in [-0.3, -0.25) is 4.99 Å². The maximum Gasteiger partial charge on any atom is 0.191 e. The van der Waals surface area contributed by atoms with Crippen molar-refractivity contribution in [2.24, 2.45) is 4.99 Å². The zero-order valence-electron chi connectivity index (χ0n) is 16.6. The predicted molar refractivity (Wildman–Crippen MR) is 110 cm³/mol. The molecule has 2 N–H and O–H groups in total. The molecule has 0 atom stereocenters. The number of hydrogen-bond acceptors (Lipinski definition) is 3. The summed E-state index contributed by atoms with van der Waals surface area (Å²) in [5.41, 5.74) is 2.14. The molecule has 0 radical (unpaired) electrons. The van der Waals surface area contributed by atoms with Crippen LogP contribution in [0.2, 0.25) is 0 Å². The van der Waals surface area contributed by atoms with Crippen LogP contribution >= 0.6 is 0 Å². The van der Waals surface area contributed by atoms with Crippen LogP contribution < -0.4 is 15.4 Å². The Hall–Kier alpha value is -3.16. The van der Waals surface area contributed by atoms with Crippen LogP contribution in [-0.4, -0.2) is 42.3 Å². The number of nitrogens with zero attached hydrogens (tertiary/aromatic N) is 3. The lowest BCUT2D eigenvalue weighted by atomic mass is 10.3. The van der Waals surface area contributed by atoms with Crippen molar-refractivity contribution in [3.63, 3.8) is 0 Å². The Kier molecular flexibility index (Phi) is 6.99. The van der Waals surface area contributed by atoms with Gasteiger partial charge in [0.1, 0.15) is 18.2 Å². The molecular weight excluding hydrogens is 376 g/mol. The molecule has 0 aliphatic carbocycles. The first kappa shape index (κ1) is 20.6. The van der Waals surface area contributed by atoms with Crippen LogP contribution in [0, 0.1) is 18.6 Å². The minimum atomic E-state index is -0.713. The van der Waals surface area contributed by atoms with Crippen molar-refractivity contribution in [2.45, 2.75) is 19.9 Å². The standard InChI is InChI=1S/C21H25F2N5O/c1-15-27-18-6-3-4-7-19(18)28(15)12-5-10-25-21(24-2)26-11-13-29-20-9-8-16(22)14-17(20)23/h3-4,6-9,14H,5,10-13H2,1-2H3,(H2,24,25,26). The molecular formula is C21H25F2N5O. The van der Waals surface area contributed by atoms with E-state index in [0.29, 0.717) is 12.5 Å². The van der Waals surface area contributed by atoms with E-state index in [1.807, 2.05) is 25.1 Å². The second-order valence-electron chi connectivity index (χ2n) is 6.50. The molecule has 29 heavy (non-hydrogen) atoms. The highest BCUT2D eigenvalue weighted by molar-refractivity contribution is 5.79. The molecule has 154 valence electrons. The van der Waals surface area contributed by atoms with Gasteiger partial charge in [-0.25, -0.2) is 13.8 Å². The van der Waals surface area contributed by atoms with Crippen LogP contribution in [-0.2, 0) is 6.54 Å². The number of guanidine groups is 1. The van der Waals surface area contributed by atoms with Crippen molar-refractivity contribution in [3.05, 3.63) is 59.9 Å². The summed E-state index contributed by atoms with van der Waals surface area (Å²) in [5.74, 6) is 0.324. The second kappa shape index (κ2) is 9.86. The summed E-state index contributed by atoms with van der Waals surface area (Å²) in [5, 5.41) is 6.35. The summed E-state index contributed by atoms with van der Waals surface area (Å²) in [7, 11) is 1.68. The van der Waals surface area contributed by atoms with Crippen molar-refractivity contribution < 1.29 is 13.5 Å². The molecule has 0 saturated heterocycles. The summed E-state index contributed by atoms with van der Waals surface area (Å²) < 4.78 is 33.9. The third-order valence-corrected chi connectivity index (χ3v) is 4.47. The number of aliphatic imine (C=N–C) groups is 1. The highest BCUT2D eigenvalue weighted by atomic mass is 19.1. The van der Waals surface area contributed by atoms with Gasteiger partial charge >= 0.3 is 0 Å². The first-order valence-corrected chi connectivity index (χ1v) is 9.52. The zero-order valence-corrected chi connectivity index (χ0v) is 16.6. The summed E-state index contributed by atoms with van der Waals surface area (Å²) in [4.78, 5) is 8.73. The van der Waals surface area contributed by atoms with E-state index in [9.17, 15) is 8.78 Å². The first-order valence-electron chi connectivity index (χ1n) is 9.52. The lowest BCUT2D eigenvalue weighted by Crippen LogP contribution is -2.39. The quantitative estimate of drug-likeness (QED) is 0.346. The molecule has 8 heteroatoms. The van der Waals surface area contributed by atoms with E-state index in [1.54, 1.807) is 7.05 Å². The van der Waals surface area contributed by atoms with Crippen LogP contribution in [0.25, 0.3) is 11.0 Å². The number of rotatable bonds is 8. The molecule has 3 aromatic rings. The fraction of sp³-hybridized carbons (Fsp3) is 0.333. The summed E-state index contributed by atoms with van der Waals surface area (Å²) >= 11 is 0. The Morgan fingerprint density at radius 3 is 2.72 bits per heavy atom. The largest absolute Gasteiger partial charge is 0.489 e. The molecule has 0 fully saturated rings. The number of nitrogens with one attached hydrogen (secondary N) is 2. The fourth-order valence-electron chi connectivity index (χ4n) is 3.07. The van der Waals surface area contributed by atoms with Crippen molar-refractivity contribution in [3.8, 4) is 5.75 Å². The third kappa shape index (κ3) is 5.43. The predicted octanol–water partition coefficient (Wildman–Crippen LogP) is 3.26. The van der Waals surface area contributed by atoms with Crippen LogP contribution in [0.5, 0.6) is 5.75 Å². The number of fused-ring (bicyclic) bond motifs is 1. The molecule has 0 bridgehead atoms. The lowest BCUT2D eigenvalue weighted by Gasteiger charge is -2.13. The average molecular weight is 401 g/mol. The maximum absolute atomic E-state index is 13.5. The number of aromatic nitrogens is 2. The van der Waals surface area contributed by atoms with Gasteiger partial charge in [0.25, 0.3) is 0 Å². The summed E-state index contributed by atoms with van der Waals surface area (Å²) in [6.45, 7) is 4.26. The normalized spacial score (nSPS) is 11.7. The van der Waals surface area contributed by atoms with E-state index in [-0.39, 0.29) is 12.4 Å². The molecule has 3 rings (SSSR count). The smallest absolute Gasteiger partial charge is 0.191 e. The van der Waals surface area contributed by atoms with Gasteiger partial charge in [-0.2, -0.15) is 0 Å². The molecule has 0 aliphatic heterocycles. The minimum absolute atomic E-state index is 0.0269. The summed E-state index contributed by atoms with van der Waals surface area (Å²) in [6, 6.07) is 11.3. The molecule has 0 amide bonds. The molecule has 0 spiro atoms. The minimum Gasteiger partial charge on any atom is -0.489 e. The number of imidazole rings is 1. The number of para-hydroxylation sites is 2. The molecule has 0 saturated carbocycles. The van der Waals surface area contributed by atoms with Gasteiger partial charge in [0.2, 0.25) is 0 Å². The number of halogens is 2. The lowest BCUT2D eigenvalue weighted by molar-refractivity contribution is 0.304. The van der Waals surface area contributed by atoms with Crippen LogP contribution in [0.4, 0.5) is 8.78 Å². The fourth-order valence-corrected chi connectivity index (χ4v) is 3.07. The van der Waals surface area contributed by atoms with Crippen molar-refractivity contribution >= 4 is 17.0 Å². The molecule has 2 aromatic carbocycles. The van der Waals surface area contributed by atoms with E-state index in [0.717, 1.165) is 48.5 Å². The molecule has 1 heterocycles.